The minimum absolute atomic E-state index is 0.202. The van der Waals surface area contributed by atoms with Crippen molar-refractivity contribution >= 4 is 15.9 Å². The average molecular weight is 342 g/mol. The molecule has 1 aliphatic carbocycles. The zero-order valence-corrected chi connectivity index (χ0v) is 14.5. The van der Waals surface area contributed by atoms with Gasteiger partial charge in [0.2, 0.25) is 0 Å². The van der Waals surface area contributed by atoms with Gasteiger partial charge in [-0.1, -0.05) is 43.6 Å². The van der Waals surface area contributed by atoms with Crippen LogP contribution in [0.1, 0.15) is 52.5 Å². The van der Waals surface area contributed by atoms with E-state index in [1.54, 1.807) is 6.07 Å². The Morgan fingerprint density at radius 1 is 1.05 bits per heavy atom. The molecule has 0 atom stereocenters. The Bertz CT molecular complexity index is 471. The standard InChI is InChI=1S/C17H25BrFN/c1-15(2)9-16(3,4)11-17(20,10-15)8-12-5-13(18)7-14(19)6-12/h5-7H,8-11,20H2,1-4H3. The maximum Gasteiger partial charge on any atom is 0.124 e. The van der Waals surface area contributed by atoms with Crippen LogP contribution in [0.4, 0.5) is 4.39 Å². The molecule has 0 heterocycles. The molecule has 1 aromatic carbocycles. The molecule has 1 saturated carbocycles. The predicted molar refractivity (Wildman–Crippen MR) is 86.1 cm³/mol. The molecule has 2 N–H and O–H groups in total. The van der Waals surface area contributed by atoms with E-state index < -0.39 is 0 Å². The van der Waals surface area contributed by atoms with Crippen LogP contribution in [-0.2, 0) is 6.42 Å². The van der Waals surface area contributed by atoms with E-state index in [-0.39, 0.29) is 22.2 Å². The molecule has 0 amide bonds. The van der Waals surface area contributed by atoms with Gasteiger partial charge in [0.05, 0.1) is 0 Å². The third-order valence-corrected chi connectivity index (χ3v) is 4.55. The van der Waals surface area contributed by atoms with Gasteiger partial charge in [0.25, 0.3) is 0 Å². The monoisotopic (exact) mass is 341 g/mol. The predicted octanol–water partition coefficient (Wildman–Crippen LogP) is 5.06. The van der Waals surface area contributed by atoms with Gasteiger partial charge in [-0.3, -0.25) is 0 Å². The van der Waals surface area contributed by atoms with Crippen molar-refractivity contribution in [2.45, 2.75) is 58.9 Å². The van der Waals surface area contributed by atoms with Gasteiger partial charge in [0.1, 0.15) is 5.82 Å². The molecule has 0 aliphatic heterocycles. The lowest BCUT2D eigenvalue weighted by Crippen LogP contribution is -2.53. The molecule has 0 radical (unpaired) electrons. The molecule has 112 valence electrons. The van der Waals surface area contributed by atoms with E-state index in [0.29, 0.717) is 0 Å². The first-order chi connectivity index (χ1) is 8.99. The largest absolute Gasteiger partial charge is 0.325 e. The number of rotatable bonds is 2. The molecule has 20 heavy (non-hydrogen) atoms. The summed E-state index contributed by atoms with van der Waals surface area (Å²) in [5.74, 6) is -0.202. The summed E-state index contributed by atoms with van der Waals surface area (Å²) in [4.78, 5) is 0. The van der Waals surface area contributed by atoms with Gasteiger partial charge in [-0.05, 0) is 60.3 Å². The van der Waals surface area contributed by atoms with Crippen molar-refractivity contribution in [3.63, 3.8) is 0 Å². The molecule has 1 nitrogen and oxygen atoms in total. The maximum atomic E-state index is 13.5. The summed E-state index contributed by atoms with van der Waals surface area (Å²) in [6.45, 7) is 9.15. The van der Waals surface area contributed by atoms with Crippen molar-refractivity contribution in [3.05, 3.63) is 34.1 Å². The van der Waals surface area contributed by atoms with E-state index in [4.69, 9.17) is 5.73 Å². The lowest BCUT2D eigenvalue weighted by molar-refractivity contribution is 0.0487. The third kappa shape index (κ3) is 4.05. The Labute approximate surface area is 130 Å². The molecule has 3 heteroatoms. The van der Waals surface area contributed by atoms with Gasteiger partial charge < -0.3 is 5.73 Å². The molecule has 1 aliphatic rings. The van der Waals surface area contributed by atoms with Crippen LogP contribution < -0.4 is 5.73 Å². The topological polar surface area (TPSA) is 26.0 Å². The Morgan fingerprint density at radius 3 is 2.10 bits per heavy atom. The van der Waals surface area contributed by atoms with Crippen LogP contribution in [0.5, 0.6) is 0 Å². The van der Waals surface area contributed by atoms with Gasteiger partial charge in [0, 0.05) is 10.0 Å². The molecule has 1 fully saturated rings. The number of nitrogens with two attached hydrogens (primary N) is 1. The van der Waals surface area contributed by atoms with E-state index in [9.17, 15) is 4.39 Å². The van der Waals surface area contributed by atoms with Gasteiger partial charge in [-0.25, -0.2) is 4.39 Å². The summed E-state index contributed by atoms with van der Waals surface area (Å²) < 4.78 is 14.3. The second kappa shape index (κ2) is 5.10. The SMILES string of the molecule is CC1(C)CC(C)(C)CC(N)(Cc2cc(F)cc(Br)c2)C1. The molecule has 0 bridgehead atoms. The number of benzene rings is 1. The van der Waals surface area contributed by atoms with Crippen molar-refractivity contribution in [3.8, 4) is 0 Å². The normalized spacial score (nSPS) is 23.6. The maximum absolute atomic E-state index is 13.5. The highest BCUT2D eigenvalue weighted by molar-refractivity contribution is 9.10. The van der Waals surface area contributed by atoms with Crippen LogP contribution in [0.2, 0.25) is 0 Å². The first-order valence-electron chi connectivity index (χ1n) is 7.23. The first-order valence-corrected chi connectivity index (χ1v) is 8.02. The van der Waals surface area contributed by atoms with Crippen LogP contribution in [0.3, 0.4) is 0 Å². The molecule has 0 aromatic heterocycles. The van der Waals surface area contributed by atoms with Crippen molar-refractivity contribution in [2.24, 2.45) is 16.6 Å². The molecule has 0 spiro atoms. The van der Waals surface area contributed by atoms with Crippen molar-refractivity contribution in [1.29, 1.82) is 0 Å². The highest BCUT2D eigenvalue weighted by Gasteiger charge is 2.45. The van der Waals surface area contributed by atoms with Crippen LogP contribution >= 0.6 is 15.9 Å². The van der Waals surface area contributed by atoms with Crippen LogP contribution in [0.15, 0.2) is 22.7 Å². The van der Waals surface area contributed by atoms with Crippen LogP contribution in [0, 0.1) is 16.6 Å². The Morgan fingerprint density at radius 2 is 1.60 bits per heavy atom. The molecular formula is C17H25BrFN. The summed E-state index contributed by atoms with van der Waals surface area (Å²) >= 11 is 3.36. The van der Waals surface area contributed by atoms with Gasteiger partial charge in [0.15, 0.2) is 0 Å². The van der Waals surface area contributed by atoms with Crippen molar-refractivity contribution in [1.82, 2.24) is 0 Å². The number of hydrogen-bond acceptors (Lipinski definition) is 1. The fourth-order valence-corrected chi connectivity index (χ4v) is 5.15. The van der Waals surface area contributed by atoms with Crippen LogP contribution in [0.25, 0.3) is 0 Å². The van der Waals surface area contributed by atoms with E-state index in [1.165, 1.54) is 12.5 Å². The Kier molecular flexibility index (Phi) is 4.07. The molecule has 2 rings (SSSR count). The first kappa shape index (κ1) is 16.0. The van der Waals surface area contributed by atoms with E-state index in [0.717, 1.165) is 29.3 Å². The van der Waals surface area contributed by atoms with E-state index in [2.05, 4.69) is 43.6 Å². The number of halogens is 2. The second-order valence-corrected chi connectivity index (χ2v) is 9.09. The van der Waals surface area contributed by atoms with Gasteiger partial charge in [-0.2, -0.15) is 0 Å². The average Bonchev–Trinajstić information content (AvgIpc) is 2.06. The summed E-state index contributed by atoms with van der Waals surface area (Å²) in [7, 11) is 0. The third-order valence-electron chi connectivity index (χ3n) is 4.10. The molecule has 0 unspecified atom stereocenters. The minimum Gasteiger partial charge on any atom is -0.325 e. The van der Waals surface area contributed by atoms with E-state index in [1.807, 2.05) is 6.07 Å². The smallest absolute Gasteiger partial charge is 0.124 e. The summed E-state index contributed by atoms with van der Waals surface area (Å²) in [5, 5.41) is 0. The summed E-state index contributed by atoms with van der Waals surface area (Å²) in [5.41, 5.74) is 7.91. The molecule has 1 aromatic rings. The Hall–Kier alpha value is -0.410. The van der Waals surface area contributed by atoms with Crippen molar-refractivity contribution < 1.29 is 4.39 Å². The fourth-order valence-electron chi connectivity index (χ4n) is 4.63. The fraction of sp³-hybridized carbons (Fsp3) is 0.647. The minimum atomic E-state index is -0.252. The highest BCUT2D eigenvalue weighted by atomic mass is 79.9. The highest BCUT2D eigenvalue weighted by Crippen LogP contribution is 2.50. The quantitative estimate of drug-likeness (QED) is 0.798. The lowest BCUT2D eigenvalue weighted by atomic mass is 9.57. The Balaban J connectivity index is 2.26. The summed E-state index contributed by atoms with van der Waals surface area (Å²) in [6, 6.07) is 5.07. The van der Waals surface area contributed by atoms with Crippen molar-refractivity contribution in [2.75, 3.05) is 0 Å². The summed E-state index contributed by atoms with van der Waals surface area (Å²) in [6.07, 6.45) is 3.89. The molecule has 0 saturated heterocycles. The van der Waals surface area contributed by atoms with Crippen LogP contribution in [-0.4, -0.2) is 5.54 Å². The zero-order chi connectivity index (χ0) is 15.2. The number of hydrogen-bond donors (Lipinski definition) is 1. The molecular weight excluding hydrogens is 317 g/mol. The van der Waals surface area contributed by atoms with Gasteiger partial charge >= 0.3 is 0 Å². The van der Waals surface area contributed by atoms with E-state index >= 15 is 0 Å². The van der Waals surface area contributed by atoms with Gasteiger partial charge in [-0.15, -0.1) is 0 Å². The zero-order valence-electron chi connectivity index (χ0n) is 12.9. The second-order valence-electron chi connectivity index (χ2n) is 8.18. The lowest BCUT2D eigenvalue weighted by Gasteiger charge is -2.50.